The van der Waals surface area contributed by atoms with E-state index >= 15 is 0 Å². The summed E-state index contributed by atoms with van der Waals surface area (Å²) in [6, 6.07) is 11.3. The van der Waals surface area contributed by atoms with Gasteiger partial charge in [-0.2, -0.15) is 4.98 Å². The van der Waals surface area contributed by atoms with Crippen LogP contribution in [0.1, 0.15) is 23.6 Å². The number of nitrogens with one attached hydrogen (secondary N) is 1. The average molecular weight is 392 g/mol. The van der Waals surface area contributed by atoms with Crippen LogP contribution in [0.4, 0.5) is 0 Å². The minimum atomic E-state index is -0.0642. The summed E-state index contributed by atoms with van der Waals surface area (Å²) < 4.78 is 12.3. The van der Waals surface area contributed by atoms with E-state index in [2.05, 4.69) is 25.7 Å². The molecule has 4 rings (SSSR count). The monoisotopic (exact) mass is 392 g/mol. The molecule has 9 nitrogen and oxygen atoms in total. The Morgan fingerprint density at radius 3 is 2.90 bits per heavy atom. The van der Waals surface area contributed by atoms with Crippen LogP contribution in [-0.2, 0) is 17.8 Å². The summed E-state index contributed by atoms with van der Waals surface area (Å²) in [5, 5.41) is 15.0. The van der Waals surface area contributed by atoms with Crippen molar-refractivity contribution in [1.82, 2.24) is 30.1 Å². The molecule has 3 heterocycles. The maximum atomic E-state index is 12.3. The summed E-state index contributed by atoms with van der Waals surface area (Å²) in [7, 11) is 1.63. The summed E-state index contributed by atoms with van der Waals surface area (Å²) in [6.07, 6.45) is 2.78. The number of benzene rings is 1. The van der Waals surface area contributed by atoms with Gasteiger partial charge in [0.25, 0.3) is 5.89 Å². The van der Waals surface area contributed by atoms with Gasteiger partial charge in [0, 0.05) is 18.2 Å². The molecule has 0 radical (unpaired) electrons. The molecule has 9 heteroatoms. The molecule has 0 aliphatic heterocycles. The molecule has 0 unspecified atom stereocenters. The average Bonchev–Trinajstić information content (AvgIpc) is 3.36. The number of amides is 1. The summed E-state index contributed by atoms with van der Waals surface area (Å²) in [5.41, 5.74) is 2.40. The molecule has 0 atom stereocenters. The highest BCUT2D eigenvalue weighted by Gasteiger charge is 2.12. The third kappa shape index (κ3) is 4.08. The highest BCUT2D eigenvalue weighted by molar-refractivity contribution is 5.76. The first-order chi connectivity index (χ1) is 14.1. The highest BCUT2D eigenvalue weighted by atomic mass is 16.5. The van der Waals surface area contributed by atoms with Crippen molar-refractivity contribution in [3.05, 3.63) is 59.8 Å². The zero-order chi connectivity index (χ0) is 20.2. The van der Waals surface area contributed by atoms with Gasteiger partial charge in [-0.05, 0) is 37.1 Å². The number of carbonyl (C=O) groups excluding carboxylic acids is 1. The molecule has 4 aromatic rings. The Hall–Kier alpha value is -3.75. The number of ether oxygens (including phenoxy) is 1. The van der Waals surface area contributed by atoms with Crippen LogP contribution in [-0.4, -0.2) is 37.8 Å². The van der Waals surface area contributed by atoms with Gasteiger partial charge in [0.15, 0.2) is 17.3 Å². The van der Waals surface area contributed by atoms with Crippen molar-refractivity contribution >= 4 is 11.6 Å². The Labute approximate surface area is 166 Å². The lowest BCUT2D eigenvalue weighted by atomic mass is 10.1. The SMILES string of the molecule is COc1ccccc1CCC(=O)NCc1nnc2cc(-c3nc(C)no3)ccn12. The van der Waals surface area contributed by atoms with E-state index < -0.39 is 0 Å². The Kier molecular flexibility index (Phi) is 5.19. The lowest BCUT2D eigenvalue weighted by Crippen LogP contribution is -2.24. The van der Waals surface area contributed by atoms with Gasteiger partial charge in [0.1, 0.15) is 5.75 Å². The molecule has 0 aliphatic carbocycles. The second-order valence-electron chi connectivity index (χ2n) is 6.50. The van der Waals surface area contributed by atoms with E-state index in [1.165, 1.54) is 0 Å². The number of methoxy groups -OCH3 is 1. The zero-order valence-corrected chi connectivity index (χ0v) is 16.1. The number of hydrogen-bond donors (Lipinski definition) is 1. The van der Waals surface area contributed by atoms with Crippen molar-refractivity contribution in [3.63, 3.8) is 0 Å². The van der Waals surface area contributed by atoms with E-state index in [1.807, 2.05) is 47.0 Å². The maximum absolute atomic E-state index is 12.3. The minimum Gasteiger partial charge on any atom is -0.496 e. The van der Waals surface area contributed by atoms with Gasteiger partial charge in [-0.15, -0.1) is 10.2 Å². The Bertz CT molecular complexity index is 1150. The minimum absolute atomic E-state index is 0.0642. The molecular formula is C20H20N6O3. The van der Waals surface area contributed by atoms with Crippen molar-refractivity contribution < 1.29 is 14.1 Å². The van der Waals surface area contributed by atoms with Gasteiger partial charge in [0.05, 0.1) is 13.7 Å². The van der Waals surface area contributed by atoms with Crippen LogP contribution in [0, 0.1) is 6.92 Å². The zero-order valence-electron chi connectivity index (χ0n) is 16.1. The number of nitrogens with zero attached hydrogens (tertiary/aromatic N) is 5. The largest absolute Gasteiger partial charge is 0.496 e. The van der Waals surface area contributed by atoms with Gasteiger partial charge >= 0.3 is 0 Å². The number of aryl methyl sites for hydroxylation is 2. The Morgan fingerprint density at radius 2 is 2.10 bits per heavy atom. The molecule has 1 N–H and O–H groups in total. The molecule has 0 fully saturated rings. The Morgan fingerprint density at radius 1 is 1.24 bits per heavy atom. The van der Waals surface area contributed by atoms with Crippen molar-refractivity contribution in [1.29, 1.82) is 0 Å². The molecule has 0 aliphatic rings. The van der Waals surface area contributed by atoms with Crippen molar-refractivity contribution in [2.24, 2.45) is 0 Å². The molecule has 0 spiro atoms. The molecule has 148 valence electrons. The van der Waals surface area contributed by atoms with Gasteiger partial charge < -0.3 is 14.6 Å². The first-order valence-corrected chi connectivity index (χ1v) is 9.17. The summed E-state index contributed by atoms with van der Waals surface area (Å²) >= 11 is 0. The fourth-order valence-electron chi connectivity index (χ4n) is 3.03. The van der Waals surface area contributed by atoms with Crippen LogP contribution in [0.2, 0.25) is 0 Å². The van der Waals surface area contributed by atoms with Crippen LogP contribution in [0.3, 0.4) is 0 Å². The Balaban J connectivity index is 1.38. The van der Waals surface area contributed by atoms with E-state index in [9.17, 15) is 4.79 Å². The smallest absolute Gasteiger partial charge is 0.258 e. The van der Waals surface area contributed by atoms with Gasteiger partial charge in [-0.3, -0.25) is 9.20 Å². The number of pyridine rings is 1. The van der Waals surface area contributed by atoms with E-state index in [0.29, 0.717) is 36.0 Å². The number of carbonyl (C=O) groups is 1. The summed E-state index contributed by atoms with van der Waals surface area (Å²) in [5.74, 6) is 2.36. The van der Waals surface area contributed by atoms with Crippen LogP contribution in [0.15, 0.2) is 47.1 Å². The van der Waals surface area contributed by atoms with Crippen LogP contribution < -0.4 is 10.1 Å². The second kappa shape index (κ2) is 8.09. The number of aromatic nitrogens is 5. The standard InChI is InChI=1S/C20H20N6O3/c1-13-22-20(29-25-13)15-9-10-26-17(11-15)23-24-18(26)12-21-19(27)8-7-14-5-3-4-6-16(14)28-2/h3-6,9-11H,7-8,12H2,1-2H3,(H,21,27). The molecule has 0 bridgehead atoms. The number of rotatable bonds is 7. The van der Waals surface area contributed by atoms with E-state index in [-0.39, 0.29) is 12.5 Å². The van der Waals surface area contributed by atoms with Gasteiger partial charge in [0.2, 0.25) is 5.91 Å². The number of fused-ring (bicyclic) bond motifs is 1. The molecule has 29 heavy (non-hydrogen) atoms. The maximum Gasteiger partial charge on any atom is 0.258 e. The molecule has 0 saturated carbocycles. The molecule has 1 amide bonds. The fraction of sp³-hybridized carbons (Fsp3) is 0.250. The van der Waals surface area contributed by atoms with Gasteiger partial charge in [-0.25, -0.2) is 0 Å². The summed E-state index contributed by atoms with van der Waals surface area (Å²) in [4.78, 5) is 16.5. The van der Waals surface area contributed by atoms with Crippen LogP contribution in [0.5, 0.6) is 5.75 Å². The van der Waals surface area contributed by atoms with E-state index in [1.54, 1.807) is 14.0 Å². The second-order valence-corrected chi connectivity index (χ2v) is 6.50. The molecule has 0 saturated heterocycles. The fourth-order valence-corrected chi connectivity index (χ4v) is 3.03. The molecule has 3 aromatic heterocycles. The van der Waals surface area contributed by atoms with Gasteiger partial charge in [-0.1, -0.05) is 23.4 Å². The third-order valence-corrected chi connectivity index (χ3v) is 4.51. The molecular weight excluding hydrogens is 372 g/mol. The van der Waals surface area contributed by atoms with Crippen LogP contribution >= 0.6 is 0 Å². The predicted molar refractivity (Wildman–Crippen MR) is 104 cm³/mol. The first kappa shape index (κ1) is 18.6. The van der Waals surface area contributed by atoms with Crippen molar-refractivity contribution in [3.8, 4) is 17.2 Å². The lowest BCUT2D eigenvalue weighted by molar-refractivity contribution is -0.121. The normalized spacial score (nSPS) is 11.0. The number of hydrogen-bond acceptors (Lipinski definition) is 7. The highest BCUT2D eigenvalue weighted by Crippen LogP contribution is 2.20. The predicted octanol–water partition coefficient (Wildman–Crippen LogP) is 2.35. The number of para-hydroxylation sites is 1. The third-order valence-electron chi connectivity index (χ3n) is 4.51. The first-order valence-electron chi connectivity index (χ1n) is 9.17. The van der Waals surface area contributed by atoms with E-state index in [0.717, 1.165) is 16.9 Å². The van der Waals surface area contributed by atoms with Crippen molar-refractivity contribution in [2.45, 2.75) is 26.3 Å². The van der Waals surface area contributed by atoms with Crippen LogP contribution in [0.25, 0.3) is 17.1 Å². The quantitative estimate of drug-likeness (QED) is 0.514. The summed E-state index contributed by atoms with van der Waals surface area (Å²) in [6.45, 7) is 2.04. The van der Waals surface area contributed by atoms with E-state index in [4.69, 9.17) is 9.26 Å². The van der Waals surface area contributed by atoms with Crippen molar-refractivity contribution in [2.75, 3.05) is 7.11 Å². The lowest BCUT2D eigenvalue weighted by Gasteiger charge is -2.08. The topological polar surface area (TPSA) is 107 Å². The molecule has 1 aromatic carbocycles.